The Labute approximate surface area is 91.5 Å². The Morgan fingerprint density at radius 3 is 2.73 bits per heavy atom. The molecular formula is C11H22N2O2. The van der Waals surface area contributed by atoms with E-state index in [1.54, 1.807) is 0 Å². The zero-order valence-corrected chi connectivity index (χ0v) is 9.34. The van der Waals surface area contributed by atoms with Crippen LogP contribution in [0.3, 0.4) is 0 Å². The molecule has 15 heavy (non-hydrogen) atoms. The molecule has 0 radical (unpaired) electrons. The summed E-state index contributed by atoms with van der Waals surface area (Å²) in [4.78, 5) is 0. The van der Waals surface area contributed by atoms with Crippen LogP contribution in [0.2, 0.25) is 0 Å². The van der Waals surface area contributed by atoms with E-state index in [1.165, 1.54) is 12.8 Å². The van der Waals surface area contributed by atoms with Crippen LogP contribution in [-0.2, 0) is 9.47 Å². The van der Waals surface area contributed by atoms with Crippen LogP contribution in [0, 0.1) is 0 Å². The molecule has 1 unspecified atom stereocenters. The molecule has 0 aromatic carbocycles. The number of ether oxygens (including phenoxy) is 2. The normalized spacial score (nSPS) is 30.6. The summed E-state index contributed by atoms with van der Waals surface area (Å²) in [6, 6.07) is 0. The lowest BCUT2D eigenvalue weighted by Gasteiger charge is -2.33. The summed E-state index contributed by atoms with van der Waals surface area (Å²) in [5.41, 5.74) is 6.20. The second kappa shape index (κ2) is 5.25. The smallest absolute Gasteiger partial charge is 0.0700 e. The summed E-state index contributed by atoms with van der Waals surface area (Å²) in [5.74, 6) is 0. The van der Waals surface area contributed by atoms with Gasteiger partial charge < -0.3 is 20.5 Å². The van der Waals surface area contributed by atoms with Crippen molar-refractivity contribution in [3.63, 3.8) is 0 Å². The molecule has 0 aromatic heterocycles. The third-order valence-corrected chi connectivity index (χ3v) is 3.36. The van der Waals surface area contributed by atoms with Crippen molar-refractivity contribution < 1.29 is 9.47 Å². The van der Waals surface area contributed by atoms with E-state index in [-0.39, 0.29) is 5.54 Å². The molecule has 0 aromatic rings. The molecule has 2 saturated heterocycles. The van der Waals surface area contributed by atoms with Gasteiger partial charge in [0, 0.05) is 38.4 Å². The fraction of sp³-hybridized carbons (Fsp3) is 1.00. The monoisotopic (exact) mass is 214 g/mol. The highest BCUT2D eigenvalue weighted by molar-refractivity contribution is 4.89. The fourth-order valence-electron chi connectivity index (χ4n) is 2.24. The van der Waals surface area contributed by atoms with Crippen molar-refractivity contribution in [1.29, 1.82) is 0 Å². The first-order chi connectivity index (χ1) is 7.29. The molecule has 2 aliphatic heterocycles. The standard InChI is InChI=1S/C11H22N2O2/c12-11(3-6-14-7-4-11)9-13-8-10-2-1-5-15-10/h10,13H,1-9,12H2. The Morgan fingerprint density at radius 1 is 1.27 bits per heavy atom. The molecule has 2 rings (SSSR count). The van der Waals surface area contributed by atoms with Crippen molar-refractivity contribution in [2.45, 2.75) is 37.3 Å². The summed E-state index contributed by atoms with van der Waals surface area (Å²) in [7, 11) is 0. The lowest BCUT2D eigenvalue weighted by molar-refractivity contribution is 0.0506. The summed E-state index contributed by atoms with van der Waals surface area (Å²) in [6.07, 6.45) is 4.73. The lowest BCUT2D eigenvalue weighted by atomic mass is 9.91. The predicted octanol–water partition coefficient (Wildman–Crippen LogP) is 0.263. The second-order valence-corrected chi connectivity index (χ2v) is 4.74. The van der Waals surface area contributed by atoms with Crippen molar-refractivity contribution in [3.05, 3.63) is 0 Å². The molecule has 4 nitrogen and oxygen atoms in total. The molecular weight excluding hydrogens is 192 g/mol. The lowest BCUT2D eigenvalue weighted by Crippen LogP contribution is -2.53. The molecule has 2 fully saturated rings. The molecule has 0 saturated carbocycles. The molecule has 0 spiro atoms. The number of hydrogen-bond acceptors (Lipinski definition) is 4. The maximum atomic E-state index is 6.26. The van der Waals surface area contributed by atoms with Crippen LogP contribution in [0.15, 0.2) is 0 Å². The van der Waals surface area contributed by atoms with Gasteiger partial charge in [-0.1, -0.05) is 0 Å². The minimum Gasteiger partial charge on any atom is -0.381 e. The first-order valence-corrected chi connectivity index (χ1v) is 5.97. The van der Waals surface area contributed by atoms with Crippen LogP contribution in [0.1, 0.15) is 25.7 Å². The van der Waals surface area contributed by atoms with Gasteiger partial charge in [0.1, 0.15) is 0 Å². The fourth-order valence-corrected chi connectivity index (χ4v) is 2.24. The van der Waals surface area contributed by atoms with Gasteiger partial charge in [0.2, 0.25) is 0 Å². The Morgan fingerprint density at radius 2 is 2.07 bits per heavy atom. The third-order valence-electron chi connectivity index (χ3n) is 3.36. The Balaban J connectivity index is 1.63. The molecule has 4 heteroatoms. The second-order valence-electron chi connectivity index (χ2n) is 4.74. The zero-order valence-electron chi connectivity index (χ0n) is 9.34. The van der Waals surface area contributed by atoms with Gasteiger partial charge in [0.05, 0.1) is 6.10 Å². The van der Waals surface area contributed by atoms with Crippen molar-refractivity contribution in [2.24, 2.45) is 5.73 Å². The quantitative estimate of drug-likeness (QED) is 0.705. The molecule has 0 amide bonds. The third kappa shape index (κ3) is 3.41. The number of nitrogens with one attached hydrogen (secondary N) is 1. The van der Waals surface area contributed by atoms with Gasteiger partial charge in [-0.3, -0.25) is 0 Å². The van der Waals surface area contributed by atoms with Crippen molar-refractivity contribution in [3.8, 4) is 0 Å². The molecule has 1 atom stereocenters. The maximum Gasteiger partial charge on any atom is 0.0700 e. The topological polar surface area (TPSA) is 56.5 Å². The number of hydrogen-bond donors (Lipinski definition) is 2. The van der Waals surface area contributed by atoms with E-state index in [0.29, 0.717) is 6.10 Å². The van der Waals surface area contributed by atoms with Crippen molar-refractivity contribution >= 4 is 0 Å². The van der Waals surface area contributed by atoms with E-state index in [0.717, 1.165) is 45.8 Å². The summed E-state index contributed by atoms with van der Waals surface area (Å²) in [6.45, 7) is 4.36. The molecule has 0 bridgehead atoms. The van der Waals surface area contributed by atoms with E-state index in [9.17, 15) is 0 Å². The minimum absolute atomic E-state index is 0.0587. The summed E-state index contributed by atoms with van der Waals surface area (Å²) in [5, 5.41) is 3.43. The van der Waals surface area contributed by atoms with E-state index in [2.05, 4.69) is 5.32 Å². The maximum absolute atomic E-state index is 6.26. The molecule has 3 N–H and O–H groups in total. The van der Waals surface area contributed by atoms with Gasteiger partial charge >= 0.3 is 0 Å². The first-order valence-electron chi connectivity index (χ1n) is 5.97. The highest BCUT2D eigenvalue weighted by Gasteiger charge is 2.27. The van der Waals surface area contributed by atoms with Crippen LogP contribution in [-0.4, -0.2) is 44.6 Å². The van der Waals surface area contributed by atoms with Gasteiger partial charge in [0.25, 0.3) is 0 Å². The van der Waals surface area contributed by atoms with Gasteiger partial charge in [-0.2, -0.15) is 0 Å². The Kier molecular flexibility index (Phi) is 3.97. The van der Waals surface area contributed by atoms with E-state index < -0.39 is 0 Å². The van der Waals surface area contributed by atoms with E-state index in [4.69, 9.17) is 15.2 Å². The molecule has 88 valence electrons. The predicted molar refractivity (Wildman–Crippen MR) is 58.8 cm³/mol. The van der Waals surface area contributed by atoms with Gasteiger partial charge in [-0.15, -0.1) is 0 Å². The van der Waals surface area contributed by atoms with Gasteiger partial charge in [0.15, 0.2) is 0 Å². The number of rotatable bonds is 4. The molecule has 2 aliphatic rings. The van der Waals surface area contributed by atoms with Crippen LogP contribution >= 0.6 is 0 Å². The first kappa shape index (κ1) is 11.3. The summed E-state index contributed by atoms with van der Waals surface area (Å²) < 4.78 is 10.9. The Bertz CT molecular complexity index is 187. The van der Waals surface area contributed by atoms with Crippen LogP contribution in [0.4, 0.5) is 0 Å². The molecule has 2 heterocycles. The van der Waals surface area contributed by atoms with E-state index in [1.807, 2.05) is 0 Å². The van der Waals surface area contributed by atoms with Crippen molar-refractivity contribution in [2.75, 3.05) is 32.9 Å². The SMILES string of the molecule is NC1(CNCC2CCCO2)CCOCC1. The highest BCUT2D eigenvalue weighted by atomic mass is 16.5. The average Bonchev–Trinajstić information content (AvgIpc) is 2.71. The Hall–Kier alpha value is -0.160. The average molecular weight is 214 g/mol. The van der Waals surface area contributed by atoms with E-state index >= 15 is 0 Å². The van der Waals surface area contributed by atoms with Gasteiger partial charge in [-0.25, -0.2) is 0 Å². The zero-order chi connectivity index (χ0) is 10.6. The van der Waals surface area contributed by atoms with Gasteiger partial charge in [-0.05, 0) is 25.7 Å². The molecule has 0 aliphatic carbocycles. The van der Waals surface area contributed by atoms with Crippen LogP contribution in [0.5, 0.6) is 0 Å². The number of nitrogens with two attached hydrogens (primary N) is 1. The van der Waals surface area contributed by atoms with Crippen LogP contribution in [0.25, 0.3) is 0 Å². The van der Waals surface area contributed by atoms with Crippen molar-refractivity contribution in [1.82, 2.24) is 5.32 Å². The largest absolute Gasteiger partial charge is 0.381 e. The highest BCUT2D eigenvalue weighted by Crippen LogP contribution is 2.17. The van der Waals surface area contributed by atoms with Crippen LogP contribution < -0.4 is 11.1 Å². The summed E-state index contributed by atoms with van der Waals surface area (Å²) >= 11 is 0. The minimum atomic E-state index is -0.0587.